The van der Waals surface area contributed by atoms with Gasteiger partial charge in [0.2, 0.25) is 15.9 Å². The summed E-state index contributed by atoms with van der Waals surface area (Å²) in [6.07, 6.45) is 2.97. The van der Waals surface area contributed by atoms with Gasteiger partial charge in [0.05, 0.1) is 28.8 Å². The van der Waals surface area contributed by atoms with Crippen LogP contribution in [0.1, 0.15) is 5.56 Å². The van der Waals surface area contributed by atoms with Crippen LogP contribution in [0.25, 0.3) is 6.08 Å². The van der Waals surface area contributed by atoms with Crippen LogP contribution in [-0.2, 0) is 19.6 Å². The van der Waals surface area contributed by atoms with Gasteiger partial charge in [-0.1, -0.05) is 39.7 Å². The number of amides is 1. The Kier molecular flexibility index (Phi) is 6.90. The largest absolute Gasteiger partial charge is 0.379 e. The minimum Gasteiger partial charge on any atom is -0.379 e. The fourth-order valence-electron chi connectivity index (χ4n) is 2.62. The number of rotatable bonds is 5. The zero-order chi connectivity index (χ0) is 20.1. The Bertz CT molecular complexity index is 987. The molecule has 0 aromatic heterocycles. The van der Waals surface area contributed by atoms with Crippen molar-refractivity contribution in [2.75, 3.05) is 31.6 Å². The van der Waals surface area contributed by atoms with E-state index >= 15 is 0 Å². The molecule has 9 heteroatoms. The zero-order valence-corrected chi connectivity index (χ0v) is 17.9. The molecule has 6 nitrogen and oxygen atoms in total. The summed E-state index contributed by atoms with van der Waals surface area (Å²) in [7, 11) is -3.53. The molecule has 1 heterocycles. The van der Waals surface area contributed by atoms with Crippen molar-refractivity contribution < 1.29 is 17.9 Å². The normalized spacial score (nSPS) is 15.6. The first-order valence-corrected chi connectivity index (χ1v) is 11.1. The van der Waals surface area contributed by atoms with Gasteiger partial charge >= 0.3 is 0 Å². The molecule has 3 rings (SSSR count). The van der Waals surface area contributed by atoms with Crippen LogP contribution in [0.4, 0.5) is 5.69 Å². The number of carbonyl (C=O) groups excluding carboxylic acids is 1. The summed E-state index contributed by atoms with van der Waals surface area (Å²) < 4.78 is 32.6. The van der Waals surface area contributed by atoms with Crippen LogP contribution >= 0.6 is 27.5 Å². The van der Waals surface area contributed by atoms with Crippen molar-refractivity contribution in [2.24, 2.45) is 0 Å². The number of carbonyl (C=O) groups is 1. The Hall–Kier alpha value is -1.71. The number of hydrogen-bond acceptors (Lipinski definition) is 4. The van der Waals surface area contributed by atoms with E-state index in [4.69, 9.17) is 16.3 Å². The van der Waals surface area contributed by atoms with E-state index in [0.717, 1.165) is 4.47 Å². The smallest absolute Gasteiger partial charge is 0.248 e. The predicted octanol–water partition coefficient (Wildman–Crippen LogP) is 3.78. The van der Waals surface area contributed by atoms with Crippen molar-refractivity contribution in [1.82, 2.24) is 4.31 Å². The maximum absolute atomic E-state index is 12.6. The van der Waals surface area contributed by atoms with Crippen molar-refractivity contribution >= 4 is 55.2 Å². The number of nitrogens with one attached hydrogen (secondary N) is 1. The van der Waals surface area contributed by atoms with E-state index in [1.54, 1.807) is 36.4 Å². The Morgan fingerprint density at radius 3 is 2.46 bits per heavy atom. The fourth-order valence-corrected chi connectivity index (χ4v) is 4.75. The van der Waals surface area contributed by atoms with Crippen molar-refractivity contribution in [2.45, 2.75) is 4.90 Å². The van der Waals surface area contributed by atoms with Gasteiger partial charge in [0, 0.05) is 23.6 Å². The lowest BCUT2D eigenvalue weighted by Gasteiger charge is -2.26. The van der Waals surface area contributed by atoms with E-state index < -0.39 is 10.0 Å². The highest BCUT2D eigenvalue weighted by atomic mass is 79.9. The molecule has 1 amide bonds. The molecule has 148 valence electrons. The maximum atomic E-state index is 12.6. The van der Waals surface area contributed by atoms with Crippen LogP contribution < -0.4 is 5.32 Å². The van der Waals surface area contributed by atoms with Crippen molar-refractivity contribution in [3.8, 4) is 0 Å². The standard InChI is InChI=1S/C19H18BrClN2O4S/c20-15-4-7-18(17(21)13-15)22-19(24)8-3-14-1-5-16(6-2-14)28(25,26)23-9-11-27-12-10-23/h1-8,13H,9-12H2,(H,22,24)/b8-3+. The number of benzene rings is 2. The van der Waals surface area contributed by atoms with E-state index in [0.29, 0.717) is 42.6 Å². The monoisotopic (exact) mass is 484 g/mol. The molecule has 0 atom stereocenters. The van der Waals surface area contributed by atoms with Gasteiger partial charge in [0.1, 0.15) is 0 Å². The molecule has 0 saturated carbocycles. The van der Waals surface area contributed by atoms with Gasteiger partial charge in [-0.15, -0.1) is 0 Å². The summed E-state index contributed by atoms with van der Waals surface area (Å²) in [4.78, 5) is 12.3. The van der Waals surface area contributed by atoms with Crippen LogP contribution in [0.2, 0.25) is 5.02 Å². The first kappa shape index (κ1) is 21.0. The van der Waals surface area contributed by atoms with Crippen LogP contribution in [-0.4, -0.2) is 44.9 Å². The number of nitrogens with zero attached hydrogens (tertiary/aromatic N) is 1. The Morgan fingerprint density at radius 1 is 1.14 bits per heavy atom. The molecule has 1 fully saturated rings. The third kappa shape index (κ3) is 5.21. The number of sulfonamides is 1. The minimum absolute atomic E-state index is 0.220. The van der Waals surface area contributed by atoms with Crippen molar-refractivity contribution in [1.29, 1.82) is 0 Å². The molecule has 28 heavy (non-hydrogen) atoms. The molecule has 2 aromatic carbocycles. The summed E-state index contributed by atoms with van der Waals surface area (Å²) in [6.45, 7) is 1.50. The maximum Gasteiger partial charge on any atom is 0.248 e. The van der Waals surface area contributed by atoms with Crippen molar-refractivity contribution in [3.63, 3.8) is 0 Å². The second kappa shape index (κ2) is 9.19. The molecular formula is C19H18BrClN2O4S. The molecular weight excluding hydrogens is 468 g/mol. The molecule has 1 aliphatic heterocycles. The third-order valence-electron chi connectivity index (χ3n) is 4.10. The first-order valence-electron chi connectivity index (χ1n) is 8.48. The molecule has 0 radical (unpaired) electrons. The highest BCUT2D eigenvalue weighted by Gasteiger charge is 2.25. The first-order chi connectivity index (χ1) is 13.4. The average molecular weight is 486 g/mol. The Labute approximate surface area is 177 Å². The lowest BCUT2D eigenvalue weighted by atomic mass is 10.2. The summed E-state index contributed by atoms with van der Waals surface area (Å²) in [6, 6.07) is 11.5. The number of halogens is 2. The lowest BCUT2D eigenvalue weighted by molar-refractivity contribution is -0.111. The van der Waals surface area contributed by atoms with Gasteiger partial charge in [-0.3, -0.25) is 4.79 Å². The molecule has 1 aliphatic rings. The highest BCUT2D eigenvalue weighted by molar-refractivity contribution is 9.10. The SMILES string of the molecule is O=C(/C=C/c1ccc(S(=O)(=O)N2CCOCC2)cc1)Nc1ccc(Br)cc1Cl. The topological polar surface area (TPSA) is 75.7 Å². The van der Waals surface area contributed by atoms with E-state index in [2.05, 4.69) is 21.2 Å². The third-order valence-corrected chi connectivity index (χ3v) is 6.82. The van der Waals surface area contributed by atoms with E-state index in [1.165, 1.54) is 22.5 Å². The molecule has 0 spiro atoms. The Morgan fingerprint density at radius 2 is 1.82 bits per heavy atom. The molecule has 1 N–H and O–H groups in total. The summed E-state index contributed by atoms with van der Waals surface area (Å²) >= 11 is 9.38. The molecule has 0 aliphatic carbocycles. The second-order valence-corrected chi connectivity index (χ2v) is 9.29. The van der Waals surface area contributed by atoms with Gasteiger partial charge in [-0.2, -0.15) is 4.31 Å². The van der Waals surface area contributed by atoms with Gasteiger partial charge in [0.25, 0.3) is 0 Å². The van der Waals surface area contributed by atoms with Gasteiger partial charge in [-0.05, 0) is 42.0 Å². The van der Waals surface area contributed by atoms with Crippen molar-refractivity contribution in [3.05, 3.63) is 63.6 Å². The predicted molar refractivity (Wildman–Crippen MR) is 113 cm³/mol. The van der Waals surface area contributed by atoms with E-state index in [-0.39, 0.29) is 10.8 Å². The Balaban J connectivity index is 1.65. The molecule has 0 unspecified atom stereocenters. The van der Waals surface area contributed by atoms with Crippen LogP contribution in [0.3, 0.4) is 0 Å². The van der Waals surface area contributed by atoms with Gasteiger partial charge < -0.3 is 10.1 Å². The fraction of sp³-hybridized carbons (Fsp3) is 0.211. The van der Waals surface area contributed by atoms with Gasteiger partial charge in [-0.25, -0.2) is 8.42 Å². The zero-order valence-electron chi connectivity index (χ0n) is 14.8. The average Bonchev–Trinajstić information content (AvgIpc) is 2.69. The number of ether oxygens (including phenoxy) is 1. The highest BCUT2D eigenvalue weighted by Crippen LogP contribution is 2.25. The number of anilines is 1. The summed E-state index contributed by atoms with van der Waals surface area (Å²) in [5, 5.41) is 3.12. The summed E-state index contributed by atoms with van der Waals surface area (Å²) in [5.41, 5.74) is 1.21. The second-order valence-electron chi connectivity index (χ2n) is 6.03. The van der Waals surface area contributed by atoms with Gasteiger partial charge in [0.15, 0.2) is 0 Å². The van der Waals surface area contributed by atoms with E-state index in [1.807, 2.05) is 0 Å². The van der Waals surface area contributed by atoms with Crippen LogP contribution in [0, 0.1) is 0 Å². The molecule has 2 aromatic rings. The summed E-state index contributed by atoms with van der Waals surface area (Å²) in [5.74, 6) is -0.339. The lowest BCUT2D eigenvalue weighted by Crippen LogP contribution is -2.40. The molecule has 0 bridgehead atoms. The molecule has 1 saturated heterocycles. The van der Waals surface area contributed by atoms with E-state index in [9.17, 15) is 13.2 Å². The van der Waals surface area contributed by atoms with Crippen LogP contribution in [0.15, 0.2) is 57.9 Å². The number of morpholine rings is 1. The minimum atomic E-state index is -3.53. The number of hydrogen-bond donors (Lipinski definition) is 1. The quantitative estimate of drug-likeness (QED) is 0.654. The van der Waals surface area contributed by atoms with Crippen LogP contribution in [0.5, 0.6) is 0 Å².